The normalized spacial score (nSPS) is 12.5. The van der Waals surface area contributed by atoms with Crippen molar-refractivity contribution in [3.8, 4) is 23.0 Å². The standard InChI is InChI=1S/C56H45BO7/c1-37(58)39-8-10-43(11-9-39)55(53(63)64-36-38-6-4-3-5-7-38,44-14-12-40(13-15-44)54(2,41-20-28-49(59)29-21-41)42-22-30-50(60)31-23-42)45-16-18-46(19-17-45)56(57,47-24-32-51(61)33-25-47)48-26-34-52(62)35-27-48/h3-35,59-62H,36H2,1-2H3. The van der Waals surface area contributed by atoms with Gasteiger partial charge in [-0.15, -0.1) is 0 Å². The fourth-order valence-electron chi connectivity index (χ4n) is 8.71. The van der Waals surface area contributed by atoms with Crippen LogP contribution in [0.5, 0.6) is 23.0 Å². The number of esters is 1. The molecule has 314 valence electrons. The van der Waals surface area contributed by atoms with E-state index in [0.29, 0.717) is 38.9 Å². The second-order valence-electron chi connectivity index (χ2n) is 16.2. The van der Waals surface area contributed by atoms with Gasteiger partial charge in [0.25, 0.3) is 0 Å². The summed E-state index contributed by atoms with van der Waals surface area (Å²) in [6.45, 7) is 3.56. The summed E-state index contributed by atoms with van der Waals surface area (Å²) in [6, 6.07) is 59.1. The minimum absolute atomic E-state index is 0.00346. The van der Waals surface area contributed by atoms with Crippen LogP contribution in [0.1, 0.15) is 79.8 Å². The van der Waals surface area contributed by atoms with E-state index < -0.39 is 22.1 Å². The Morgan fingerprint density at radius 1 is 0.438 bits per heavy atom. The van der Waals surface area contributed by atoms with Gasteiger partial charge in [-0.2, -0.15) is 0 Å². The summed E-state index contributed by atoms with van der Waals surface area (Å²) in [5.74, 6) is -0.249. The first kappa shape index (κ1) is 42.8. The second kappa shape index (κ2) is 17.5. The number of ketones is 1. The highest BCUT2D eigenvalue weighted by Crippen LogP contribution is 2.46. The number of benzene rings is 8. The van der Waals surface area contributed by atoms with Gasteiger partial charge in [-0.25, -0.2) is 0 Å². The summed E-state index contributed by atoms with van der Waals surface area (Å²) in [7, 11) is 7.42. The molecule has 0 fully saturated rings. The molecule has 4 N–H and O–H groups in total. The third kappa shape index (κ3) is 7.91. The third-order valence-electron chi connectivity index (χ3n) is 12.4. The van der Waals surface area contributed by atoms with Crippen LogP contribution in [-0.2, 0) is 32.3 Å². The molecule has 0 bridgehead atoms. The highest BCUT2D eigenvalue weighted by molar-refractivity contribution is 6.20. The van der Waals surface area contributed by atoms with E-state index in [0.717, 1.165) is 22.3 Å². The lowest BCUT2D eigenvalue weighted by atomic mass is 9.56. The van der Waals surface area contributed by atoms with Gasteiger partial charge < -0.3 is 25.2 Å². The van der Waals surface area contributed by atoms with Gasteiger partial charge in [0.1, 0.15) is 35.0 Å². The first-order valence-electron chi connectivity index (χ1n) is 20.8. The van der Waals surface area contributed by atoms with Crippen LogP contribution in [0, 0.1) is 0 Å². The first-order chi connectivity index (χ1) is 30.8. The minimum atomic E-state index is -1.59. The molecule has 0 aromatic heterocycles. The van der Waals surface area contributed by atoms with Crippen LogP contribution in [0.15, 0.2) is 200 Å². The van der Waals surface area contributed by atoms with Crippen LogP contribution in [0.2, 0.25) is 0 Å². The molecular formula is C56H45BO7. The van der Waals surface area contributed by atoms with Crippen LogP contribution in [0.4, 0.5) is 0 Å². The van der Waals surface area contributed by atoms with Crippen LogP contribution in [0.25, 0.3) is 0 Å². The van der Waals surface area contributed by atoms with E-state index >= 15 is 4.79 Å². The Hall–Kier alpha value is -7.84. The average molecular weight is 841 g/mol. The minimum Gasteiger partial charge on any atom is -0.508 e. The van der Waals surface area contributed by atoms with E-state index in [9.17, 15) is 25.2 Å². The van der Waals surface area contributed by atoms with Crippen molar-refractivity contribution in [3.63, 3.8) is 0 Å². The van der Waals surface area contributed by atoms with E-state index in [-0.39, 0.29) is 35.4 Å². The maximum absolute atomic E-state index is 15.4. The Balaban J connectivity index is 1.34. The molecule has 0 saturated heterocycles. The van der Waals surface area contributed by atoms with E-state index in [4.69, 9.17) is 12.6 Å². The molecule has 8 aromatic rings. The largest absolute Gasteiger partial charge is 0.508 e. The summed E-state index contributed by atoms with van der Waals surface area (Å²) >= 11 is 0. The van der Waals surface area contributed by atoms with Crippen LogP contribution >= 0.6 is 0 Å². The van der Waals surface area contributed by atoms with Crippen molar-refractivity contribution in [1.82, 2.24) is 0 Å². The van der Waals surface area contributed by atoms with E-state index in [1.165, 1.54) is 6.92 Å². The zero-order valence-electron chi connectivity index (χ0n) is 35.4. The van der Waals surface area contributed by atoms with Crippen molar-refractivity contribution in [2.45, 2.75) is 36.6 Å². The molecule has 0 saturated carbocycles. The SMILES string of the molecule is [B]C(c1ccc(O)cc1)(c1ccc(O)cc1)c1ccc(C(C(=O)OCc2ccccc2)(c2ccc(C(C)=O)cc2)c2ccc(C(C)(c3ccc(O)cc3)c3ccc(O)cc3)cc2)cc1. The summed E-state index contributed by atoms with van der Waals surface area (Å²) < 4.78 is 6.33. The van der Waals surface area contributed by atoms with Gasteiger partial charge >= 0.3 is 5.97 Å². The maximum atomic E-state index is 15.4. The summed E-state index contributed by atoms with van der Waals surface area (Å²) in [5.41, 5.74) is 5.31. The number of carbonyl (C=O) groups excluding carboxylic acids is 2. The molecule has 8 aromatic carbocycles. The Morgan fingerprint density at radius 2 is 0.734 bits per heavy atom. The number of Topliss-reactive ketones (excluding diaryl/α,β-unsaturated/α-hetero) is 1. The molecule has 0 aliphatic rings. The molecule has 0 heterocycles. The van der Waals surface area contributed by atoms with Crippen LogP contribution < -0.4 is 0 Å². The summed E-state index contributed by atoms with van der Waals surface area (Å²) in [6.07, 6.45) is 0. The topological polar surface area (TPSA) is 124 Å². The number of aromatic hydroxyl groups is 4. The summed E-state index contributed by atoms with van der Waals surface area (Å²) in [4.78, 5) is 28.0. The molecule has 0 aliphatic heterocycles. The maximum Gasteiger partial charge on any atom is 0.325 e. The van der Waals surface area contributed by atoms with Gasteiger partial charge in [-0.3, -0.25) is 9.59 Å². The second-order valence-corrected chi connectivity index (χ2v) is 16.2. The third-order valence-corrected chi connectivity index (χ3v) is 12.4. The van der Waals surface area contributed by atoms with Crippen LogP contribution in [0.3, 0.4) is 0 Å². The number of phenolic OH excluding ortho intramolecular Hbond substituents is 4. The molecular weight excluding hydrogens is 795 g/mol. The van der Waals surface area contributed by atoms with Crippen molar-refractivity contribution in [2.24, 2.45) is 0 Å². The molecule has 2 radical (unpaired) electrons. The Morgan fingerprint density at radius 3 is 1.09 bits per heavy atom. The zero-order chi connectivity index (χ0) is 45.1. The highest BCUT2D eigenvalue weighted by Gasteiger charge is 2.46. The lowest BCUT2D eigenvalue weighted by Gasteiger charge is -2.36. The Bertz CT molecular complexity index is 2640. The van der Waals surface area contributed by atoms with Crippen molar-refractivity contribution in [3.05, 3.63) is 261 Å². The zero-order valence-corrected chi connectivity index (χ0v) is 35.4. The van der Waals surface area contributed by atoms with Crippen molar-refractivity contribution >= 4 is 19.6 Å². The smallest absolute Gasteiger partial charge is 0.325 e. The predicted octanol–water partition coefficient (Wildman–Crippen LogP) is 10.6. The molecule has 0 amide bonds. The molecule has 64 heavy (non-hydrogen) atoms. The van der Waals surface area contributed by atoms with Gasteiger partial charge in [0, 0.05) is 16.3 Å². The van der Waals surface area contributed by atoms with Gasteiger partial charge in [-0.05, 0) is 118 Å². The average Bonchev–Trinajstić information content (AvgIpc) is 3.32. The molecule has 1 unspecified atom stereocenters. The molecule has 8 rings (SSSR count). The van der Waals surface area contributed by atoms with E-state index in [1.54, 1.807) is 97.1 Å². The molecule has 7 nitrogen and oxygen atoms in total. The van der Waals surface area contributed by atoms with Crippen molar-refractivity contribution < 1.29 is 34.8 Å². The van der Waals surface area contributed by atoms with E-state index in [2.05, 4.69) is 6.92 Å². The lowest BCUT2D eigenvalue weighted by Crippen LogP contribution is -2.40. The fraction of sp³-hybridized carbons (Fsp3) is 0.107. The van der Waals surface area contributed by atoms with Gasteiger partial charge in [0.15, 0.2) is 5.78 Å². The number of carbonyl (C=O) groups is 2. The highest BCUT2D eigenvalue weighted by atomic mass is 16.5. The molecule has 0 spiro atoms. The Labute approximate surface area is 374 Å². The van der Waals surface area contributed by atoms with Gasteiger partial charge in [0.05, 0.1) is 7.85 Å². The predicted molar refractivity (Wildman–Crippen MR) is 249 cm³/mol. The molecule has 8 heteroatoms. The van der Waals surface area contributed by atoms with Crippen molar-refractivity contribution in [1.29, 1.82) is 0 Å². The van der Waals surface area contributed by atoms with Gasteiger partial charge in [0.2, 0.25) is 0 Å². The van der Waals surface area contributed by atoms with E-state index in [1.807, 2.05) is 103 Å². The molecule has 0 aliphatic carbocycles. The lowest BCUT2D eigenvalue weighted by molar-refractivity contribution is -0.148. The molecule has 1 atom stereocenters. The quantitative estimate of drug-likeness (QED) is 0.0394. The fourth-order valence-corrected chi connectivity index (χ4v) is 8.71. The number of hydrogen-bond acceptors (Lipinski definition) is 7. The first-order valence-corrected chi connectivity index (χ1v) is 20.8. The number of phenols is 4. The number of ether oxygens (including phenoxy) is 1. The summed E-state index contributed by atoms with van der Waals surface area (Å²) in [5, 5.41) is 39.6. The number of hydrogen-bond donors (Lipinski definition) is 4. The number of rotatable bonds is 13. The monoisotopic (exact) mass is 840 g/mol. The van der Waals surface area contributed by atoms with Crippen LogP contribution in [-0.4, -0.2) is 40.0 Å². The Kier molecular flexibility index (Phi) is 11.7. The van der Waals surface area contributed by atoms with Crippen molar-refractivity contribution in [2.75, 3.05) is 0 Å². The van der Waals surface area contributed by atoms with Gasteiger partial charge in [-0.1, -0.05) is 152 Å².